The third kappa shape index (κ3) is 5.64. The molecule has 1 aliphatic carbocycles. The zero-order valence-electron chi connectivity index (χ0n) is 29.7. The number of unbranched alkanes of at least 4 members (excludes halogenated alkanes) is 3. The molecule has 1 aliphatic rings. The lowest BCUT2D eigenvalue weighted by molar-refractivity contribution is 0.444. The normalized spacial score (nSPS) is 14.4. The van der Waals surface area contributed by atoms with E-state index >= 15 is 0 Å². The highest BCUT2D eigenvalue weighted by Crippen LogP contribution is 2.47. The van der Waals surface area contributed by atoms with Gasteiger partial charge in [-0.05, 0) is 114 Å². The molecule has 0 aliphatic heterocycles. The summed E-state index contributed by atoms with van der Waals surface area (Å²) in [6.45, 7) is 10.8. The molecular weight excluding hydrogens is 589 g/mol. The maximum absolute atomic E-state index is 4.07. The third-order valence-corrected chi connectivity index (χ3v) is 11.9. The highest BCUT2D eigenvalue weighted by molar-refractivity contribution is 6.35. The summed E-state index contributed by atoms with van der Waals surface area (Å²) in [6.07, 6.45) is 15.2. The third-order valence-electron chi connectivity index (χ3n) is 11.9. The molecule has 246 valence electrons. The van der Waals surface area contributed by atoms with Crippen molar-refractivity contribution in [3.63, 3.8) is 0 Å². The monoisotopic (exact) mass is 638 g/mol. The summed E-state index contributed by atoms with van der Waals surface area (Å²) in [5, 5.41) is 10.9. The van der Waals surface area contributed by atoms with Crippen LogP contribution in [0.4, 0.5) is 0 Å². The molecule has 7 aromatic carbocycles. The predicted octanol–water partition coefficient (Wildman–Crippen LogP) is 14.7. The zero-order chi connectivity index (χ0) is 33.5. The van der Waals surface area contributed by atoms with Crippen LogP contribution in [0.2, 0.25) is 0 Å². The fourth-order valence-corrected chi connectivity index (χ4v) is 8.92. The molecule has 0 unspecified atom stereocenters. The average molecular weight is 639 g/mol. The first-order valence-corrected chi connectivity index (χ1v) is 19.0. The minimum atomic E-state index is -0.0485. The molecule has 7 aromatic rings. The van der Waals surface area contributed by atoms with Crippen LogP contribution >= 0.6 is 0 Å². The van der Waals surface area contributed by atoms with Gasteiger partial charge in [-0.15, -0.1) is 6.58 Å². The second kappa shape index (κ2) is 13.1. The van der Waals surface area contributed by atoms with Gasteiger partial charge in [0.05, 0.1) is 0 Å². The number of benzene rings is 7. The Hall–Kier alpha value is -4.42. The highest BCUT2D eigenvalue weighted by Gasteiger charge is 2.23. The van der Waals surface area contributed by atoms with Crippen LogP contribution in [0.1, 0.15) is 101 Å². The Labute approximate surface area is 293 Å². The molecule has 0 saturated heterocycles. The minimum absolute atomic E-state index is 0.0485. The van der Waals surface area contributed by atoms with E-state index < -0.39 is 0 Å². The first-order chi connectivity index (χ1) is 24.0. The Balaban J connectivity index is 1.29. The lowest BCUT2D eigenvalue weighted by Gasteiger charge is -2.26. The number of aryl methyl sites for hydroxylation is 1. The van der Waals surface area contributed by atoms with E-state index in [0.29, 0.717) is 5.92 Å². The van der Waals surface area contributed by atoms with Gasteiger partial charge in [0.1, 0.15) is 0 Å². The maximum Gasteiger partial charge on any atom is 0.00726 e. The van der Waals surface area contributed by atoms with Gasteiger partial charge < -0.3 is 0 Å². The van der Waals surface area contributed by atoms with Gasteiger partial charge in [0.15, 0.2) is 0 Å². The van der Waals surface area contributed by atoms with Gasteiger partial charge in [-0.25, -0.2) is 0 Å². The Morgan fingerprint density at radius 3 is 1.86 bits per heavy atom. The van der Waals surface area contributed by atoms with E-state index in [-0.39, 0.29) is 5.41 Å². The van der Waals surface area contributed by atoms with Crippen LogP contribution in [-0.2, 0) is 11.8 Å². The molecular formula is C49H50. The molecule has 0 amide bonds. The minimum Gasteiger partial charge on any atom is -0.102 e. The molecule has 8 rings (SSSR count). The first kappa shape index (κ1) is 31.8. The second-order valence-electron chi connectivity index (χ2n) is 15.3. The molecule has 0 atom stereocenters. The zero-order valence-corrected chi connectivity index (χ0v) is 29.7. The van der Waals surface area contributed by atoms with Crippen molar-refractivity contribution in [1.82, 2.24) is 0 Å². The van der Waals surface area contributed by atoms with Gasteiger partial charge in [-0.3, -0.25) is 0 Å². The predicted molar refractivity (Wildman–Crippen MR) is 215 cm³/mol. The van der Waals surface area contributed by atoms with Crippen molar-refractivity contribution in [2.24, 2.45) is 0 Å². The quantitative estimate of drug-likeness (QED) is 0.0605. The molecule has 0 bridgehead atoms. The Morgan fingerprint density at radius 2 is 1.20 bits per heavy atom. The molecule has 0 radical (unpaired) electrons. The molecule has 0 nitrogen and oxygen atoms in total. The average Bonchev–Trinajstić information content (AvgIpc) is 3.15. The van der Waals surface area contributed by atoms with Crippen molar-refractivity contribution in [1.29, 1.82) is 0 Å². The van der Waals surface area contributed by atoms with E-state index in [1.807, 2.05) is 6.08 Å². The van der Waals surface area contributed by atoms with Crippen LogP contribution < -0.4 is 0 Å². The molecule has 0 spiro atoms. The molecule has 49 heavy (non-hydrogen) atoms. The van der Waals surface area contributed by atoms with Crippen LogP contribution in [0.25, 0.3) is 65.3 Å². The van der Waals surface area contributed by atoms with Gasteiger partial charge in [-0.2, -0.15) is 0 Å². The Bertz CT molecular complexity index is 2250. The van der Waals surface area contributed by atoms with E-state index in [2.05, 4.69) is 130 Å². The first-order valence-electron chi connectivity index (χ1n) is 19.0. The molecule has 0 N–H and O–H groups in total. The maximum atomic E-state index is 4.07. The van der Waals surface area contributed by atoms with Crippen LogP contribution in [0, 0.1) is 0 Å². The summed E-state index contributed by atoms with van der Waals surface area (Å²) in [5.74, 6) is 0.662. The number of allylic oxidation sites excluding steroid dienone is 1. The second-order valence-corrected chi connectivity index (χ2v) is 15.3. The number of hydrogen-bond donors (Lipinski definition) is 0. The smallest absolute Gasteiger partial charge is 0.00726 e. The lowest BCUT2D eigenvalue weighted by atomic mass is 9.78. The fraction of sp³-hybridized carbons (Fsp3) is 0.306. The number of fused-ring (bicyclic) bond motifs is 2. The van der Waals surface area contributed by atoms with Gasteiger partial charge in [0.25, 0.3) is 0 Å². The van der Waals surface area contributed by atoms with E-state index in [0.717, 1.165) is 0 Å². The van der Waals surface area contributed by atoms with E-state index in [4.69, 9.17) is 0 Å². The van der Waals surface area contributed by atoms with Crippen molar-refractivity contribution in [2.75, 3.05) is 0 Å². The van der Waals surface area contributed by atoms with Crippen LogP contribution in [0.15, 0.2) is 116 Å². The van der Waals surface area contributed by atoms with E-state index in [9.17, 15) is 0 Å². The van der Waals surface area contributed by atoms with Crippen molar-refractivity contribution in [2.45, 2.75) is 96.3 Å². The molecule has 0 aromatic heterocycles. The topological polar surface area (TPSA) is 0 Å². The van der Waals surface area contributed by atoms with Gasteiger partial charge in [-0.1, -0.05) is 169 Å². The summed E-state index contributed by atoms with van der Waals surface area (Å²) >= 11 is 0. The van der Waals surface area contributed by atoms with E-state index in [1.165, 1.54) is 141 Å². The largest absolute Gasteiger partial charge is 0.102 e. The van der Waals surface area contributed by atoms with Crippen molar-refractivity contribution < 1.29 is 0 Å². The molecule has 0 heterocycles. The van der Waals surface area contributed by atoms with Crippen LogP contribution in [0.5, 0.6) is 0 Å². The number of rotatable bonds is 10. The summed E-state index contributed by atoms with van der Waals surface area (Å²) < 4.78 is 0. The summed E-state index contributed by atoms with van der Waals surface area (Å²) in [6, 6.07) is 40.2. The molecule has 1 fully saturated rings. The number of hydrogen-bond acceptors (Lipinski definition) is 0. The van der Waals surface area contributed by atoms with Crippen LogP contribution in [-0.4, -0.2) is 0 Å². The van der Waals surface area contributed by atoms with Crippen molar-refractivity contribution in [3.05, 3.63) is 132 Å². The Kier molecular flexibility index (Phi) is 8.53. The molecule has 1 saturated carbocycles. The standard InChI is InChI=1S/C49H50/c1-5-7-8-10-15-33-22-27-39(46(32-33)34-16-11-9-12-17-34)38-29-31-45-44-30-28-37(35-23-25-36(26-24-35)49(3,4)6-2)40-18-13-20-42(47(40)44)43-21-14-19-41(38)48(43)45/h6,13-14,18-32,34H,2,5,7-12,15-17H2,1,3-4H3. The Morgan fingerprint density at radius 1 is 0.612 bits per heavy atom. The summed E-state index contributed by atoms with van der Waals surface area (Å²) in [7, 11) is 0. The fourth-order valence-electron chi connectivity index (χ4n) is 8.92. The van der Waals surface area contributed by atoms with Crippen molar-refractivity contribution in [3.8, 4) is 22.3 Å². The summed E-state index contributed by atoms with van der Waals surface area (Å²) in [5.41, 5.74) is 9.77. The van der Waals surface area contributed by atoms with Gasteiger partial charge in [0, 0.05) is 5.41 Å². The van der Waals surface area contributed by atoms with Gasteiger partial charge in [0.2, 0.25) is 0 Å². The summed E-state index contributed by atoms with van der Waals surface area (Å²) in [4.78, 5) is 0. The lowest BCUT2D eigenvalue weighted by Crippen LogP contribution is -2.12. The van der Waals surface area contributed by atoms with Gasteiger partial charge >= 0.3 is 0 Å². The van der Waals surface area contributed by atoms with E-state index in [1.54, 1.807) is 5.56 Å². The SMILES string of the molecule is C=CC(C)(C)c1ccc(-c2ccc3c4ccc(-c5ccc(CCCCCC)cc5C5CCCCC5)c5cccc(c6cccc2c63)c54)cc1. The van der Waals surface area contributed by atoms with Crippen molar-refractivity contribution >= 4 is 43.1 Å². The van der Waals surface area contributed by atoms with Crippen LogP contribution in [0.3, 0.4) is 0 Å². The molecule has 0 heteroatoms. The highest BCUT2D eigenvalue weighted by atomic mass is 14.3.